The van der Waals surface area contributed by atoms with Crippen LogP contribution in [0, 0.1) is 11.3 Å². The van der Waals surface area contributed by atoms with Crippen molar-refractivity contribution in [3.05, 3.63) is 72.6 Å². The monoisotopic (exact) mass is 534 g/mol. The van der Waals surface area contributed by atoms with Crippen LogP contribution in [0.1, 0.15) is 30.4 Å². The molecule has 38 heavy (non-hydrogen) atoms. The second kappa shape index (κ2) is 10.7. The zero-order chi connectivity index (χ0) is 27.6. The first kappa shape index (κ1) is 26.4. The van der Waals surface area contributed by atoms with Gasteiger partial charge in [0.05, 0.1) is 41.9 Å². The molecule has 0 spiro atoms. The van der Waals surface area contributed by atoms with Crippen LogP contribution in [-0.2, 0) is 4.79 Å². The van der Waals surface area contributed by atoms with Crippen LogP contribution in [-0.4, -0.2) is 41.5 Å². The molecule has 1 aromatic heterocycles. The van der Waals surface area contributed by atoms with Crippen molar-refractivity contribution in [2.45, 2.75) is 19.3 Å². The number of ether oxygens (including phenoxy) is 2. The van der Waals surface area contributed by atoms with Crippen molar-refractivity contribution in [1.82, 2.24) is 9.88 Å². The van der Waals surface area contributed by atoms with Gasteiger partial charge in [-0.25, -0.2) is 0 Å². The number of hydrogen-bond donors (Lipinski definition) is 4. The Morgan fingerprint density at radius 2 is 1.84 bits per heavy atom. The van der Waals surface area contributed by atoms with E-state index in [0.717, 1.165) is 11.3 Å². The summed E-state index contributed by atoms with van der Waals surface area (Å²) in [6.07, 6.45) is 2.28. The number of aromatic hydroxyl groups is 2. The maximum atomic E-state index is 13.5. The molecule has 0 fully saturated rings. The van der Waals surface area contributed by atoms with Crippen LogP contribution in [0.2, 0.25) is 0 Å². The van der Waals surface area contributed by atoms with E-state index in [0.29, 0.717) is 24.1 Å². The van der Waals surface area contributed by atoms with Crippen LogP contribution >= 0.6 is 11.3 Å². The number of carbonyl (C=O) groups is 1. The Morgan fingerprint density at radius 3 is 2.47 bits per heavy atom. The van der Waals surface area contributed by atoms with Gasteiger partial charge in [-0.05, 0) is 47.9 Å². The van der Waals surface area contributed by atoms with Gasteiger partial charge in [-0.1, -0.05) is 19.1 Å². The number of nitriles is 1. The summed E-state index contributed by atoms with van der Waals surface area (Å²) in [5, 5.41) is 33.0. The Labute approximate surface area is 221 Å². The van der Waals surface area contributed by atoms with Crippen LogP contribution in [0.3, 0.4) is 0 Å². The van der Waals surface area contributed by atoms with Crippen LogP contribution in [0.15, 0.2) is 46.8 Å². The van der Waals surface area contributed by atoms with Gasteiger partial charge in [-0.2, -0.15) is 5.26 Å². The maximum Gasteiger partial charge on any atom is 0.274 e. The summed E-state index contributed by atoms with van der Waals surface area (Å²) in [4.78, 5) is 27.0. The predicted molar refractivity (Wildman–Crippen MR) is 143 cm³/mol. The van der Waals surface area contributed by atoms with Crippen LogP contribution < -0.4 is 35.3 Å². The second-order valence-corrected chi connectivity index (χ2v) is 9.46. The van der Waals surface area contributed by atoms with Gasteiger partial charge in [0.2, 0.25) is 0 Å². The lowest BCUT2D eigenvalue weighted by molar-refractivity contribution is -0.115. The first-order chi connectivity index (χ1) is 18.2. The Balaban J connectivity index is 2.06. The lowest BCUT2D eigenvalue weighted by Gasteiger charge is -2.25. The zero-order valence-electron chi connectivity index (χ0n) is 20.9. The molecule has 1 aliphatic rings. The fraction of sp³-hybridized carbons (Fsp3) is 0.222. The molecule has 2 aromatic carbocycles. The van der Waals surface area contributed by atoms with E-state index in [9.17, 15) is 25.1 Å². The number of benzene rings is 2. The van der Waals surface area contributed by atoms with E-state index in [-0.39, 0.29) is 49.2 Å². The molecular formula is C27H26N4O6S. The SMILES string of the molecule is CCCNC(=O)C1=c2s/c(=C/c3ccc(O)c(OC)c3)c(=O)n2C(N)=C(C#N)C1c1ccc(O)c(OC)c1. The molecule has 1 unspecified atom stereocenters. The van der Waals surface area contributed by atoms with Crippen molar-refractivity contribution in [1.29, 1.82) is 5.26 Å². The number of fused-ring (bicyclic) bond motifs is 1. The standard InChI is InChI=1S/C27H26N4O6S/c1-4-9-30-25(34)23-22(15-6-8-18(33)20(12-15)37-3)16(13-28)24(29)31-26(35)21(38-27(23)31)11-14-5-7-17(32)19(10-14)36-2/h5-8,10-12,22,32-33H,4,9,29H2,1-3H3,(H,30,34)/b21-11+. The number of thiazole rings is 1. The van der Waals surface area contributed by atoms with Crippen molar-refractivity contribution in [2.75, 3.05) is 20.8 Å². The molecule has 4 rings (SSSR count). The summed E-state index contributed by atoms with van der Waals surface area (Å²) in [7, 11) is 2.81. The summed E-state index contributed by atoms with van der Waals surface area (Å²) in [5.41, 5.74) is 7.17. The molecule has 1 atom stereocenters. The molecular weight excluding hydrogens is 508 g/mol. The maximum absolute atomic E-state index is 13.5. The molecule has 196 valence electrons. The number of hydrogen-bond acceptors (Lipinski definition) is 9. The van der Waals surface area contributed by atoms with Gasteiger partial charge in [0.1, 0.15) is 10.5 Å². The van der Waals surface area contributed by atoms with E-state index >= 15 is 0 Å². The minimum absolute atomic E-state index is 0.0182. The van der Waals surface area contributed by atoms with E-state index in [2.05, 4.69) is 11.4 Å². The van der Waals surface area contributed by atoms with Crippen molar-refractivity contribution in [3.63, 3.8) is 0 Å². The van der Waals surface area contributed by atoms with Gasteiger partial charge in [-0.3, -0.25) is 14.2 Å². The molecule has 11 heteroatoms. The van der Waals surface area contributed by atoms with Gasteiger partial charge < -0.3 is 30.7 Å². The van der Waals surface area contributed by atoms with Gasteiger partial charge >= 0.3 is 0 Å². The molecule has 10 nitrogen and oxygen atoms in total. The summed E-state index contributed by atoms with van der Waals surface area (Å²) in [6, 6.07) is 11.2. The smallest absolute Gasteiger partial charge is 0.274 e. The molecule has 0 saturated heterocycles. The molecule has 0 saturated carbocycles. The summed E-state index contributed by atoms with van der Waals surface area (Å²) < 4.78 is 12.1. The quantitative estimate of drug-likeness (QED) is 0.353. The third-order valence-electron chi connectivity index (χ3n) is 6.09. The number of allylic oxidation sites excluding steroid dienone is 1. The van der Waals surface area contributed by atoms with Crippen molar-refractivity contribution >= 4 is 34.7 Å². The number of rotatable bonds is 7. The molecule has 1 aliphatic heterocycles. The van der Waals surface area contributed by atoms with E-state index in [4.69, 9.17) is 15.2 Å². The van der Waals surface area contributed by atoms with Crippen LogP contribution in [0.25, 0.3) is 17.5 Å². The first-order valence-electron chi connectivity index (χ1n) is 11.7. The van der Waals surface area contributed by atoms with Crippen molar-refractivity contribution in [2.24, 2.45) is 5.73 Å². The molecule has 0 bridgehead atoms. The number of methoxy groups -OCH3 is 2. The lowest BCUT2D eigenvalue weighted by Crippen LogP contribution is -2.42. The number of nitrogens with zero attached hydrogens (tertiary/aromatic N) is 2. The topological polar surface area (TPSA) is 160 Å². The van der Waals surface area contributed by atoms with Crippen molar-refractivity contribution < 1.29 is 24.5 Å². The highest BCUT2D eigenvalue weighted by atomic mass is 32.1. The minimum atomic E-state index is -0.911. The summed E-state index contributed by atoms with van der Waals surface area (Å²) >= 11 is 1.06. The number of phenolic OH excluding ortho intramolecular Hbond substituents is 2. The first-order valence-corrected chi connectivity index (χ1v) is 12.5. The summed E-state index contributed by atoms with van der Waals surface area (Å²) in [6.45, 7) is 2.30. The molecule has 5 N–H and O–H groups in total. The summed E-state index contributed by atoms with van der Waals surface area (Å²) in [5.74, 6) is -1.20. The molecule has 3 aromatic rings. The van der Waals surface area contributed by atoms with E-state index in [1.54, 1.807) is 24.3 Å². The Bertz CT molecular complexity index is 1680. The van der Waals surface area contributed by atoms with E-state index in [1.165, 1.54) is 37.0 Å². The molecule has 0 radical (unpaired) electrons. The number of phenols is 2. The highest BCUT2D eigenvalue weighted by Crippen LogP contribution is 2.39. The predicted octanol–water partition coefficient (Wildman–Crippen LogP) is 1.29. The number of aromatic nitrogens is 1. The fourth-order valence-electron chi connectivity index (χ4n) is 4.24. The third-order valence-corrected chi connectivity index (χ3v) is 7.20. The Morgan fingerprint density at radius 1 is 1.18 bits per heavy atom. The fourth-order valence-corrected chi connectivity index (χ4v) is 5.42. The number of amides is 1. The highest BCUT2D eigenvalue weighted by Gasteiger charge is 2.35. The number of nitrogens with one attached hydrogen (secondary N) is 1. The van der Waals surface area contributed by atoms with Crippen molar-refractivity contribution in [3.8, 4) is 29.1 Å². The molecule has 0 aliphatic carbocycles. The molecule has 1 amide bonds. The lowest BCUT2D eigenvalue weighted by atomic mass is 9.83. The molecule has 2 heterocycles. The number of carbonyl (C=O) groups excluding carboxylic acids is 1. The van der Waals surface area contributed by atoms with Gasteiger partial charge in [0, 0.05) is 6.54 Å². The van der Waals surface area contributed by atoms with Crippen LogP contribution in [0.4, 0.5) is 0 Å². The average Bonchev–Trinajstić information content (AvgIpc) is 3.23. The van der Waals surface area contributed by atoms with Gasteiger partial charge in [0.15, 0.2) is 23.0 Å². The third kappa shape index (κ3) is 4.57. The van der Waals surface area contributed by atoms with E-state index < -0.39 is 17.4 Å². The van der Waals surface area contributed by atoms with Crippen LogP contribution in [0.5, 0.6) is 23.0 Å². The van der Waals surface area contributed by atoms with E-state index in [1.807, 2.05) is 6.92 Å². The zero-order valence-corrected chi connectivity index (χ0v) is 21.8. The second-order valence-electron chi connectivity index (χ2n) is 8.43. The number of nitrogens with two attached hydrogens (primary N) is 1. The normalized spacial score (nSPS) is 15.2. The Kier molecular flexibility index (Phi) is 7.45. The Hall–Kier alpha value is -4.69. The average molecular weight is 535 g/mol. The van der Waals surface area contributed by atoms with Gasteiger partial charge in [0.25, 0.3) is 11.5 Å². The minimum Gasteiger partial charge on any atom is -0.504 e. The highest BCUT2D eigenvalue weighted by molar-refractivity contribution is 7.07. The van der Waals surface area contributed by atoms with Gasteiger partial charge in [-0.15, -0.1) is 11.3 Å². The largest absolute Gasteiger partial charge is 0.504 e.